The van der Waals surface area contributed by atoms with Crippen molar-refractivity contribution < 1.29 is 9.47 Å². The van der Waals surface area contributed by atoms with E-state index in [0.29, 0.717) is 11.5 Å². The summed E-state index contributed by atoms with van der Waals surface area (Å²) in [7, 11) is 3.26. The standard InChI is InChI=1S/C29H31BrN2O2/c1-19(2)29(18-31,20-10-13-26(33-3)27(16-20)34-4)14-7-15-32-28-24-9-6-5-8-22(24)23-12-11-21(30)17-25(23)28/h5-6,8-13,16-17,19,28,32H,7,14-15H2,1-4H3. The van der Waals surface area contributed by atoms with Gasteiger partial charge < -0.3 is 14.8 Å². The van der Waals surface area contributed by atoms with Crippen LogP contribution in [0.25, 0.3) is 11.1 Å². The van der Waals surface area contributed by atoms with E-state index in [1.165, 1.54) is 22.3 Å². The monoisotopic (exact) mass is 518 g/mol. The maximum Gasteiger partial charge on any atom is 0.161 e. The molecule has 0 radical (unpaired) electrons. The van der Waals surface area contributed by atoms with E-state index < -0.39 is 5.41 Å². The Morgan fingerprint density at radius 1 is 0.971 bits per heavy atom. The lowest BCUT2D eigenvalue weighted by molar-refractivity contribution is 0.340. The van der Waals surface area contributed by atoms with Crippen LogP contribution in [0.15, 0.2) is 65.1 Å². The van der Waals surface area contributed by atoms with Gasteiger partial charge in [-0.05, 0) is 77.4 Å². The summed E-state index contributed by atoms with van der Waals surface area (Å²) in [6.45, 7) is 5.05. The lowest BCUT2D eigenvalue weighted by atomic mass is 9.69. The third-order valence-corrected chi connectivity index (χ3v) is 7.56. The van der Waals surface area contributed by atoms with E-state index in [-0.39, 0.29) is 12.0 Å². The lowest BCUT2D eigenvalue weighted by Gasteiger charge is -2.32. The van der Waals surface area contributed by atoms with E-state index in [4.69, 9.17) is 9.47 Å². The van der Waals surface area contributed by atoms with Gasteiger partial charge in [-0.15, -0.1) is 0 Å². The minimum Gasteiger partial charge on any atom is -0.493 e. The van der Waals surface area contributed by atoms with Gasteiger partial charge >= 0.3 is 0 Å². The van der Waals surface area contributed by atoms with Gasteiger partial charge in [-0.1, -0.05) is 66.2 Å². The van der Waals surface area contributed by atoms with Gasteiger partial charge in [0.05, 0.1) is 31.7 Å². The quantitative estimate of drug-likeness (QED) is 0.309. The van der Waals surface area contributed by atoms with Gasteiger partial charge in [-0.2, -0.15) is 5.26 Å². The molecule has 0 spiro atoms. The Morgan fingerprint density at radius 2 is 1.71 bits per heavy atom. The molecular formula is C29H31BrN2O2. The van der Waals surface area contributed by atoms with Crippen LogP contribution in [0.5, 0.6) is 11.5 Å². The number of methoxy groups -OCH3 is 2. The molecule has 1 aliphatic rings. The maximum atomic E-state index is 10.3. The summed E-state index contributed by atoms with van der Waals surface area (Å²) < 4.78 is 12.0. The molecular weight excluding hydrogens is 488 g/mol. The highest BCUT2D eigenvalue weighted by atomic mass is 79.9. The Labute approximate surface area is 211 Å². The van der Waals surface area contributed by atoms with Crippen LogP contribution in [-0.2, 0) is 5.41 Å². The minimum absolute atomic E-state index is 0.152. The topological polar surface area (TPSA) is 54.3 Å². The molecule has 4 nitrogen and oxygen atoms in total. The number of fused-ring (bicyclic) bond motifs is 3. The van der Waals surface area contributed by atoms with Crippen LogP contribution in [0.4, 0.5) is 0 Å². The smallest absolute Gasteiger partial charge is 0.161 e. The van der Waals surface area contributed by atoms with Gasteiger partial charge in [0.1, 0.15) is 0 Å². The summed E-state index contributed by atoms with van der Waals surface area (Å²) in [6, 6.07) is 23.8. The van der Waals surface area contributed by atoms with Gasteiger partial charge in [0.15, 0.2) is 11.5 Å². The van der Waals surface area contributed by atoms with Crippen molar-refractivity contribution in [2.24, 2.45) is 5.92 Å². The maximum absolute atomic E-state index is 10.3. The van der Waals surface area contributed by atoms with Crippen molar-refractivity contribution in [3.8, 4) is 28.7 Å². The van der Waals surface area contributed by atoms with Gasteiger partial charge in [0, 0.05) is 4.47 Å². The van der Waals surface area contributed by atoms with E-state index in [1.54, 1.807) is 14.2 Å². The molecule has 0 amide bonds. The van der Waals surface area contributed by atoms with Crippen molar-refractivity contribution in [1.29, 1.82) is 5.26 Å². The number of nitriles is 1. The summed E-state index contributed by atoms with van der Waals surface area (Å²) in [5.74, 6) is 1.48. The number of rotatable bonds is 9. The van der Waals surface area contributed by atoms with Crippen molar-refractivity contribution in [1.82, 2.24) is 5.32 Å². The molecule has 2 unspecified atom stereocenters. The molecule has 0 bridgehead atoms. The largest absolute Gasteiger partial charge is 0.493 e. The van der Waals surface area contributed by atoms with Gasteiger partial charge in [0.2, 0.25) is 0 Å². The molecule has 176 valence electrons. The summed E-state index contributed by atoms with van der Waals surface area (Å²) in [4.78, 5) is 0. The molecule has 1 N–H and O–H groups in total. The van der Waals surface area contributed by atoms with Crippen molar-refractivity contribution in [2.75, 3.05) is 20.8 Å². The fourth-order valence-corrected chi connectivity index (χ4v) is 5.52. The van der Waals surface area contributed by atoms with Crippen LogP contribution in [-0.4, -0.2) is 20.8 Å². The van der Waals surface area contributed by atoms with Crippen LogP contribution < -0.4 is 14.8 Å². The number of halogens is 1. The van der Waals surface area contributed by atoms with Gasteiger partial charge in [0.25, 0.3) is 0 Å². The number of hydrogen-bond acceptors (Lipinski definition) is 4. The van der Waals surface area contributed by atoms with Gasteiger partial charge in [-0.3, -0.25) is 0 Å². The molecule has 0 fully saturated rings. The van der Waals surface area contributed by atoms with Crippen molar-refractivity contribution >= 4 is 15.9 Å². The van der Waals surface area contributed by atoms with E-state index in [2.05, 4.69) is 83.6 Å². The molecule has 5 heteroatoms. The normalized spacial score (nSPS) is 15.9. The third kappa shape index (κ3) is 4.33. The van der Waals surface area contributed by atoms with Crippen LogP contribution in [0.2, 0.25) is 0 Å². The Hall–Kier alpha value is -2.81. The fraction of sp³-hybridized carbons (Fsp3) is 0.345. The number of nitrogens with one attached hydrogen (secondary N) is 1. The highest BCUT2D eigenvalue weighted by molar-refractivity contribution is 9.10. The predicted octanol–water partition coefficient (Wildman–Crippen LogP) is 7.02. The molecule has 4 rings (SSSR count). The minimum atomic E-state index is -0.601. The fourth-order valence-electron chi connectivity index (χ4n) is 5.14. The first kappa shape index (κ1) is 24.3. The Balaban J connectivity index is 1.53. The van der Waals surface area contributed by atoms with Crippen molar-refractivity contribution in [3.05, 3.63) is 81.8 Å². The predicted molar refractivity (Wildman–Crippen MR) is 140 cm³/mol. The molecule has 3 aromatic carbocycles. The van der Waals surface area contributed by atoms with E-state index in [1.807, 2.05) is 18.2 Å². The lowest BCUT2D eigenvalue weighted by Crippen LogP contribution is -2.32. The van der Waals surface area contributed by atoms with E-state index >= 15 is 0 Å². The molecule has 3 aromatic rings. The molecule has 0 aliphatic heterocycles. The Kier molecular flexibility index (Phi) is 7.30. The molecule has 34 heavy (non-hydrogen) atoms. The summed E-state index contributed by atoms with van der Waals surface area (Å²) in [5.41, 5.74) is 5.56. The first-order chi connectivity index (χ1) is 16.4. The zero-order valence-electron chi connectivity index (χ0n) is 20.2. The Bertz CT molecular complexity index is 1220. The second-order valence-corrected chi connectivity index (χ2v) is 10.0. The average Bonchev–Trinajstić information content (AvgIpc) is 3.16. The van der Waals surface area contributed by atoms with E-state index in [9.17, 15) is 5.26 Å². The highest BCUT2D eigenvalue weighted by Crippen LogP contribution is 2.45. The molecule has 1 aliphatic carbocycles. The highest BCUT2D eigenvalue weighted by Gasteiger charge is 2.36. The second-order valence-electron chi connectivity index (χ2n) is 9.12. The number of hydrogen-bond donors (Lipinski definition) is 1. The van der Waals surface area contributed by atoms with Crippen LogP contribution in [0.3, 0.4) is 0 Å². The zero-order chi connectivity index (χ0) is 24.3. The average molecular weight is 519 g/mol. The summed E-state index contributed by atoms with van der Waals surface area (Å²) in [5, 5.41) is 14.1. The molecule has 0 aromatic heterocycles. The number of ether oxygens (including phenoxy) is 2. The molecule has 0 saturated heterocycles. The molecule has 2 atom stereocenters. The number of nitrogens with zero attached hydrogens (tertiary/aromatic N) is 1. The zero-order valence-corrected chi connectivity index (χ0v) is 21.8. The van der Waals surface area contributed by atoms with Crippen LogP contribution in [0.1, 0.15) is 49.4 Å². The number of benzene rings is 3. The van der Waals surface area contributed by atoms with Crippen molar-refractivity contribution in [2.45, 2.75) is 38.1 Å². The first-order valence-electron chi connectivity index (χ1n) is 11.7. The summed E-state index contributed by atoms with van der Waals surface area (Å²) >= 11 is 3.64. The summed E-state index contributed by atoms with van der Waals surface area (Å²) in [6.07, 6.45) is 1.63. The molecule has 0 saturated carbocycles. The van der Waals surface area contributed by atoms with Crippen LogP contribution >= 0.6 is 15.9 Å². The van der Waals surface area contributed by atoms with E-state index in [0.717, 1.165) is 29.4 Å². The first-order valence-corrected chi connectivity index (χ1v) is 12.5. The van der Waals surface area contributed by atoms with Crippen LogP contribution in [0, 0.1) is 17.2 Å². The van der Waals surface area contributed by atoms with Crippen molar-refractivity contribution in [3.63, 3.8) is 0 Å². The third-order valence-electron chi connectivity index (χ3n) is 7.07. The SMILES string of the molecule is COc1ccc(C(C#N)(CCCNC2c3ccccc3-c3ccc(Br)cc32)C(C)C)cc1OC. The van der Waals surface area contributed by atoms with Gasteiger partial charge in [-0.25, -0.2) is 0 Å². The second kappa shape index (κ2) is 10.2. The molecule has 0 heterocycles. The Morgan fingerprint density at radius 3 is 2.41 bits per heavy atom.